The molecule has 0 spiro atoms. The van der Waals surface area contributed by atoms with Crippen LogP contribution in [-0.4, -0.2) is 53.2 Å². The van der Waals surface area contributed by atoms with Gasteiger partial charge in [0.1, 0.15) is 0 Å². The molecule has 3 aliphatic rings. The normalized spacial score (nSPS) is 23.5. The highest BCUT2D eigenvalue weighted by Gasteiger charge is 2.46. The first-order valence-electron chi connectivity index (χ1n) is 15.9. The fraction of sp³-hybridized carbons (Fsp3) is 1.00. The van der Waals surface area contributed by atoms with Gasteiger partial charge in [0.25, 0.3) is 0 Å². The van der Waals surface area contributed by atoms with Crippen molar-refractivity contribution in [2.75, 3.05) is 19.6 Å². The number of hydrogen-bond donors (Lipinski definition) is 1. The molecular weight excluding hydrogens is 414 g/mol. The molecule has 3 heteroatoms. The van der Waals surface area contributed by atoms with Crippen molar-refractivity contribution in [3.63, 3.8) is 0 Å². The third kappa shape index (κ3) is 8.77. The number of nitrogens with one attached hydrogen (secondary N) is 1. The lowest BCUT2D eigenvalue weighted by Gasteiger charge is -2.54. The Hall–Kier alpha value is -0.120. The molecule has 34 heavy (non-hydrogen) atoms. The minimum absolute atomic E-state index is 0.224. The number of hydrogen-bond acceptors (Lipinski definition) is 3. The predicted molar refractivity (Wildman–Crippen MR) is 149 cm³/mol. The van der Waals surface area contributed by atoms with Crippen molar-refractivity contribution in [3.8, 4) is 0 Å². The van der Waals surface area contributed by atoms with Crippen LogP contribution in [0.15, 0.2) is 0 Å². The Kier molecular flexibility index (Phi) is 13.3. The van der Waals surface area contributed by atoms with Gasteiger partial charge in [-0.05, 0) is 65.5 Å². The maximum atomic E-state index is 4.01. The third-order valence-electron chi connectivity index (χ3n) is 9.39. The molecular formula is C31H61N3. The van der Waals surface area contributed by atoms with Crippen molar-refractivity contribution in [1.29, 1.82) is 0 Å². The first kappa shape index (κ1) is 28.5. The van der Waals surface area contributed by atoms with Crippen LogP contribution < -0.4 is 5.32 Å². The average molecular weight is 476 g/mol. The summed E-state index contributed by atoms with van der Waals surface area (Å²) in [4.78, 5) is 5.89. The molecule has 0 radical (unpaired) electrons. The smallest absolute Gasteiger partial charge is 0.0781 e. The summed E-state index contributed by atoms with van der Waals surface area (Å²) in [5, 5.41) is 4.01. The van der Waals surface area contributed by atoms with Crippen molar-refractivity contribution in [2.45, 2.75) is 179 Å². The molecule has 0 aromatic rings. The fourth-order valence-corrected chi connectivity index (χ4v) is 7.62. The van der Waals surface area contributed by atoms with Gasteiger partial charge in [0.05, 0.1) is 6.17 Å². The monoisotopic (exact) mass is 475 g/mol. The Labute approximate surface area is 214 Å². The van der Waals surface area contributed by atoms with Crippen molar-refractivity contribution in [1.82, 2.24) is 15.1 Å². The average Bonchev–Trinajstić information content (AvgIpc) is 3.55. The molecule has 1 saturated heterocycles. The summed E-state index contributed by atoms with van der Waals surface area (Å²) >= 11 is 0. The van der Waals surface area contributed by atoms with Crippen LogP contribution >= 0.6 is 0 Å². The lowest BCUT2D eigenvalue weighted by Crippen LogP contribution is -2.69. The highest BCUT2D eigenvalue weighted by atomic mass is 15.4. The standard InChI is InChI=1S/C31H61N3/c1-4-5-6-7-8-9-10-11-12-13-14-19-26-33-27-20-25-32-30(33)31(2,3)34(28-21-15-16-22-28)29-23-17-18-24-29/h28-30,32H,4-27H2,1-3H3. The van der Waals surface area contributed by atoms with Gasteiger partial charge < -0.3 is 5.32 Å². The number of unbranched alkanes of at least 4 members (excludes halogenated alkanes) is 11. The van der Waals surface area contributed by atoms with Crippen LogP contribution in [0.25, 0.3) is 0 Å². The van der Waals surface area contributed by atoms with Crippen molar-refractivity contribution in [3.05, 3.63) is 0 Å². The zero-order chi connectivity index (χ0) is 24.1. The third-order valence-corrected chi connectivity index (χ3v) is 9.39. The zero-order valence-corrected chi connectivity index (χ0v) is 23.6. The predicted octanol–water partition coefficient (Wildman–Crippen LogP) is 8.27. The molecule has 1 unspecified atom stereocenters. The summed E-state index contributed by atoms with van der Waals surface area (Å²) < 4.78 is 0. The van der Waals surface area contributed by atoms with Gasteiger partial charge in [-0.15, -0.1) is 0 Å². The molecule has 200 valence electrons. The van der Waals surface area contributed by atoms with E-state index in [1.807, 2.05) is 0 Å². The van der Waals surface area contributed by atoms with E-state index in [4.69, 9.17) is 0 Å². The molecule has 0 amide bonds. The van der Waals surface area contributed by atoms with E-state index in [1.165, 1.54) is 154 Å². The molecule has 2 aliphatic carbocycles. The summed E-state index contributed by atoms with van der Waals surface area (Å²) in [6.07, 6.45) is 30.7. The summed E-state index contributed by atoms with van der Waals surface area (Å²) in [6.45, 7) is 11.3. The molecule has 2 saturated carbocycles. The van der Waals surface area contributed by atoms with Gasteiger partial charge in [-0.3, -0.25) is 9.80 Å². The molecule has 0 aromatic heterocycles. The van der Waals surface area contributed by atoms with Crippen LogP contribution in [0, 0.1) is 0 Å². The number of rotatable bonds is 17. The van der Waals surface area contributed by atoms with E-state index in [0.717, 1.165) is 12.1 Å². The van der Waals surface area contributed by atoms with Gasteiger partial charge in [0.2, 0.25) is 0 Å². The first-order valence-corrected chi connectivity index (χ1v) is 15.9. The van der Waals surface area contributed by atoms with Crippen LogP contribution in [0.2, 0.25) is 0 Å². The molecule has 3 nitrogen and oxygen atoms in total. The lowest BCUT2D eigenvalue weighted by atomic mass is 9.89. The zero-order valence-electron chi connectivity index (χ0n) is 23.6. The van der Waals surface area contributed by atoms with E-state index in [-0.39, 0.29) is 5.54 Å². The molecule has 1 atom stereocenters. The Bertz CT molecular complexity index is 491. The summed E-state index contributed by atoms with van der Waals surface area (Å²) in [5.41, 5.74) is 0.224. The van der Waals surface area contributed by atoms with Crippen LogP contribution in [-0.2, 0) is 0 Å². The van der Waals surface area contributed by atoms with Crippen LogP contribution in [0.5, 0.6) is 0 Å². The fourth-order valence-electron chi connectivity index (χ4n) is 7.62. The molecule has 0 bridgehead atoms. The van der Waals surface area contributed by atoms with Gasteiger partial charge in [-0.25, -0.2) is 0 Å². The molecule has 3 fully saturated rings. The minimum Gasteiger partial charge on any atom is -0.300 e. The van der Waals surface area contributed by atoms with E-state index < -0.39 is 0 Å². The minimum atomic E-state index is 0.224. The topological polar surface area (TPSA) is 18.5 Å². The van der Waals surface area contributed by atoms with Gasteiger partial charge in [0.15, 0.2) is 0 Å². The second-order valence-corrected chi connectivity index (χ2v) is 12.6. The van der Waals surface area contributed by atoms with Gasteiger partial charge in [-0.2, -0.15) is 0 Å². The Morgan fingerprint density at radius 1 is 0.676 bits per heavy atom. The summed E-state index contributed by atoms with van der Waals surface area (Å²) in [5.74, 6) is 0. The summed E-state index contributed by atoms with van der Waals surface area (Å²) in [6, 6.07) is 1.66. The van der Waals surface area contributed by atoms with Crippen molar-refractivity contribution < 1.29 is 0 Å². The molecule has 1 aliphatic heterocycles. The second-order valence-electron chi connectivity index (χ2n) is 12.6. The Morgan fingerprint density at radius 2 is 1.15 bits per heavy atom. The van der Waals surface area contributed by atoms with E-state index in [1.54, 1.807) is 0 Å². The molecule has 3 rings (SSSR count). The summed E-state index contributed by atoms with van der Waals surface area (Å²) in [7, 11) is 0. The Morgan fingerprint density at radius 3 is 1.65 bits per heavy atom. The van der Waals surface area contributed by atoms with E-state index in [9.17, 15) is 0 Å². The van der Waals surface area contributed by atoms with Gasteiger partial charge in [-0.1, -0.05) is 103 Å². The maximum absolute atomic E-state index is 4.01. The molecule has 1 heterocycles. The van der Waals surface area contributed by atoms with E-state index >= 15 is 0 Å². The Balaban J connectivity index is 1.39. The highest BCUT2D eigenvalue weighted by Crippen LogP contribution is 2.39. The first-order chi connectivity index (χ1) is 16.6. The lowest BCUT2D eigenvalue weighted by molar-refractivity contribution is -0.0565. The second kappa shape index (κ2) is 15.9. The van der Waals surface area contributed by atoms with Gasteiger partial charge >= 0.3 is 0 Å². The van der Waals surface area contributed by atoms with Crippen LogP contribution in [0.1, 0.15) is 156 Å². The van der Waals surface area contributed by atoms with E-state index in [2.05, 4.69) is 35.9 Å². The van der Waals surface area contributed by atoms with Gasteiger partial charge in [0, 0.05) is 24.2 Å². The molecule has 0 aromatic carbocycles. The SMILES string of the molecule is CCCCCCCCCCCCCCN1CCCNC1C(C)(C)N(C1CCCC1)C1CCCC1. The quantitative estimate of drug-likeness (QED) is 0.213. The van der Waals surface area contributed by atoms with Crippen LogP contribution in [0.3, 0.4) is 0 Å². The van der Waals surface area contributed by atoms with Crippen molar-refractivity contribution >= 4 is 0 Å². The van der Waals surface area contributed by atoms with E-state index in [0.29, 0.717) is 6.17 Å². The number of nitrogens with zero attached hydrogens (tertiary/aromatic N) is 2. The maximum Gasteiger partial charge on any atom is 0.0781 e. The largest absolute Gasteiger partial charge is 0.300 e. The van der Waals surface area contributed by atoms with Crippen LogP contribution in [0.4, 0.5) is 0 Å². The van der Waals surface area contributed by atoms with Crippen molar-refractivity contribution in [2.24, 2.45) is 0 Å². The highest BCUT2D eigenvalue weighted by molar-refractivity contribution is 5.01. The molecule has 1 N–H and O–H groups in total.